The second-order valence-electron chi connectivity index (χ2n) is 5.81. The lowest BCUT2D eigenvalue weighted by molar-refractivity contribution is 0.108. The molecule has 1 aromatic rings. The Morgan fingerprint density at radius 2 is 2.26 bits per heavy atom. The Bertz CT molecular complexity index is 586. The maximum atomic E-state index is 12.2. The van der Waals surface area contributed by atoms with Crippen LogP contribution in [0.3, 0.4) is 0 Å². The van der Waals surface area contributed by atoms with Crippen LogP contribution in [-0.2, 0) is 4.74 Å². The van der Waals surface area contributed by atoms with Gasteiger partial charge in [-0.25, -0.2) is 9.78 Å². The molecule has 2 saturated heterocycles. The first-order valence-corrected chi connectivity index (χ1v) is 8.02. The summed E-state index contributed by atoms with van der Waals surface area (Å²) in [6.07, 6.45) is 3.91. The predicted molar refractivity (Wildman–Crippen MR) is 85.1 cm³/mol. The average molecular weight is 315 g/mol. The summed E-state index contributed by atoms with van der Waals surface area (Å²) in [5, 5.41) is 11.9. The van der Waals surface area contributed by atoms with Crippen LogP contribution in [0.1, 0.15) is 18.4 Å². The van der Waals surface area contributed by atoms with Gasteiger partial charge in [0.1, 0.15) is 5.82 Å². The van der Waals surface area contributed by atoms with Crippen molar-refractivity contribution >= 4 is 11.8 Å². The Morgan fingerprint density at radius 1 is 1.43 bits per heavy atom. The monoisotopic (exact) mass is 315 g/mol. The largest absolute Gasteiger partial charge is 0.376 e. The minimum Gasteiger partial charge on any atom is -0.376 e. The van der Waals surface area contributed by atoms with E-state index >= 15 is 0 Å². The van der Waals surface area contributed by atoms with Crippen molar-refractivity contribution in [1.29, 1.82) is 5.26 Å². The van der Waals surface area contributed by atoms with Crippen LogP contribution in [0.5, 0.6) is 0 Å². The summed E-state index contributed by atoms with van der Waals surface area (Å²) in [5.41, 5.74) is 0.603. The molecule has 0 saturated carbocycles. The summed E-state index contributed by atoms with van der Waals surface area (Å²) >= 11 is 0. The van der Waals surface area contributed by atoms with Crippen LogP contribution in [0.15, 0.2) is 18.3 Å². The molecule has 7 heteroatoms. The molecular weight excluding hydrogens is 294 g/mol. The smallest absolute Gasteiger partial charge is 0.317 e. The first-order chi connectivity index (χ1) is 11.3. The molecule has 0 aromatic carbocycles. The van der Waals surface area contributed by atoms with Gasteiger partial charge in [0, 0.05) is 45.5 Å². The first kappa shape index (κ1) is 15.6. The Morgan fingerprint density at radius 3 is 2.96 bits per heavy atom. The van der Waals surface area contributed by atoms with E-state index in [1.54, 1.807) is 18.3 Å². The molecule has 23 heavy (non-hydrogen) atoms. The number of anilines is 1. The Balaban J connectivity index is 1.47. The second kappa shape index (κ2) is 7.29. The first-order valence-electron chi connectivity index (χ1n) is 8.02. The van der Waals surface area contributed by atoms with Crippen LogP contribution < -0.4 is 10.2 Å². The summed E-state index contributed by atoms with van der Waals surface area (Å²) in [4.78, 5) is 20.4. The van der Waals surface area contributed by atoms with Gasteiger partial charge in [0.05, 0.1) is 17.7 Å². The van der Waals surface area contributed by atoms with E-state index in [0.29, 0.717) is 25.2 Å². The van der Waals surface area contributed by atoms with Crippen LogP contribution in [0.2, 0.25) is 0 Å². The van der Waals surface area contributed by atoms with Gasteiger partial charge < -0.3 is 19.9 Å². The summed E-state index contributed by atoms with van der Waals surface area (Å²) in [7, 11) is 0. The third kappa shape index (κ3) is 3.90. The average Bonchev–Trinajstić information content (AvgIpc) is 3.13. The van der Waals surface area contributed by atoms with Gasteiger partial charge in [-0.1, -0.05) is 0 Å². The zero-order chi connectivity index (χ0) is 16.1. The second-order valence-corrected chi connectivity index (χ2v) is 5.81. The molecule has 1 N–H and O–H groups in total. The summed E-state index contributed by atoms with van der Waals surface area (Å²) < 4.78 is 5.51. The Kier molecular flexibility index (Phi) is 4.93. The quantitative estimate of drug-likeness (QED) is 0.898. The van der Waals surface area contributed by atoms with Gasteiger partial charge in [0.15, 0.2) is 0 Å². The third-order valence-corrected chi connectivity index (χ3v) is 4.27. The van der Waals surface area contributed by atoms with Crippen LogP contribution in [-0.4, -0.2) is 61.3 Å². The van der Waals surface area contributed by atoms with Crippen molar-refractivity contribution in [2.45, 2.75) is 18.9 Å². The number of carbonyl (C=O) groups is 1. The summed E-state index contributed by atoms with van der Waals surface area (Å²) in [5.74, 6) is 0.795. The molecule has 1 aromatic heterocycles. The molecule has 0 aliphatic carbocycles. The topological polar surface area (TPSA) is 81.5 Å². The van der Waals surface area contributed by atoms with Crippen molar-refractivity contribution in [2.75, 3.05) is 44.2 Å². The lowest BCUT2D eigenvalue weighted by Gasteiger charge is -2.35. The van der Waals surface area contributed by atoms with Gasteiger partial charge in [-0.15, -0.1) is 0 Å². The zero-order valence-electron chi connectivity index (χ0n) is 13.1. The van der Waals surface area contributed by atoms with Crippen LogP contribution in [0.25, 0.3) is 0 Å². The number of ether oxygens (including phenoxy) is 1. The van der Waals surface area contributed by atoms with Crippen molar-refractivity contribution in [1.82, 2.24) is 15.2 Å². The van der Waals surface area contributed by atoms with Crippen molar-refractivity contribution < 1.29 is 9.53 Å². The van der Waals surface area contributed by atoms with Crippen molar-refractivity contribution in [3.05, 3.63) is 23.9 Å². The number of hydrogen-bond acceptors (Lipinski definition) is 5. The molecule has 0 spiro atoms. The van der Waals surface area contributed by atoms with Gasteiger partial charge in [-0.3, -0.25) is 0 Å². The van der Waals surface area contributed by atoms with E-state index in [1.165, 1.54) is 0 Å². The van der Waals surface area contributed by atoms with E-state index in [1.807, 2.05) is 4.90 Å². The molecule has 0 bridgehead atoms. The molecule has 3 heterocycles. The Hall–Kier alpha value is -2.33. The number of nitriles is 1. The molecule has 2 aliphatic heterocycles. The van der Waals surface area contributed by atoms with Crippen LogP contribution in [0.4, 0.5) is 10.6 Å². The van der Waals surface area contributed by atoms with Gasteiger partial charge in [0.2, 0.25) is 0 Å². The van der Waals surface area contributed by atoms with E-state index in [2.05, 4.69) is 21.3 Å². The number of rotatable bonds is 3. The van der Waals surface area contributed by atoms with Crippen LogP contribution in [0, 0.1) is 11.3 Å². The van der Waals surface area contributed by atoms with Crippen LogP contribution >= 0.6 is 0 Å². The molecule has 0 radical (unpaired) electrons. The molecule has 2 aliphatic rings. The maximum Gasteiger partial charge on any atom is 0.317 e. The summed E-state index contributed by atoms with van der Waals surface area (Å²) in [6.45, 7) is 4.12. The molecule has 2 amide bonds. The number of piperazine rings is 1. The number of aromatic nitrogens is 1. The molecular formula is C16H21N5O2. The molecule has 2 fully saturated rings. The van der Waals surface area contributed by atoms with Gasteiger partial charge in [0.25, 0.3) is 0 Å². The fourth-order valence-corrected chi connectivity index (χ4v) is 2.92. The predicted octanol–water partition coefficient (Wildman–Crippen LogP) is 0.964. The highest BCUT2D eigenvalue weighted by atomic mass is 16.5. The lowest BCUT2D eigenvalue weighted by Crippen LogP contribution is -2.52. The third-order valence-electron chi connectivity index (χ3n) is 4.27. The minimum absolute atomic E-state index is 0.0288. The van der Waals surface area contributed by atoms with Crippen molar-refractivity contribution in [3.8, 4) is 6.07 Å². The highest BCUT2D eigenvalue weighted by Crippen LogP contribution is 2.15. The van der Waals surface area contributed by atoms with Crippen molar-refractivity contribution in [3.63, 3.8) is 0 Å². The Labute approximate surface area is 135 Å². The number of nitrogens with one attached hydrogen (secondary N) is 1. The number of pyridine rings is 1. The number of nitrogens with zero attached hydrogens (tertiary/aromatic N) is 4. The molecule has 7 nitrogen and oxygen atoms in total. The fraction of sp³-hybridized carbons (Fsp3) is 0.562. The normalized spacial score (nSPS) is 21.1. The molecule has 3 rings (SSSR count). The number of urea groups is 1. The highest BCUT2D eigenvalue weighted by Gasteiger charge is 2.23. The zero-order valence-corrected chi connectivity index (χ0v) is 13.1. The number of carbonyl (C=O) groups excluding carboxylic acids is 1. The van der Waals surface area contributed by atoms with E-state index in [4.69, 9.17) is 10.00 Å². The minimum atomic E-state index is -0.0288. The molecule has 1 unspecified atom stereocenters. The van der Waals surface area contributed by atoms with Gasteiger partial charge in [-0.2, -0.15) is 5.26 Å². The number of amides is 2. The van der Waals surface area contributed by atoms with E-state index in [9.17, 15) is 4.79 Å². The summed E-state index contributed by atoms with van der Waals surface area (Å²) in [6, 6.07) is 5.57. The molecule has 122 valence electrons. The highest BCUT2D eigenvalue weighted by molar-refractivity contribution is 5.74. The standard InChI is InChI=1S/C16H21N5O2/c17-11-13-3-4-18-15(10-13)20-5-7-21(8-6-20)16(22)19-12-14-2-1-9-23-14/h3-4,10,14H,1-2,5-9,12H2,(H,19,22). The van der Waals surface area contributed by atoms with Gasteiger partial charge in [-0.05, 0) is 25.0 Å². The van der Waals surface area contributed by atoms with E-state index in [-0.39, 0.29) is 12.1 Å². The SMILES string of the molecule is N#Cc1ccnc(N2CCN(C(=O)NCC3CCCO3)CC2)c1. The van der Waals surface area contributed by atoms with E-state index < -0.39 is 0 Å². The number of hydrogen-bond donors (Lipinski definition) is 1. The van der Waals surface area contributed by atoms with E-state index in [0.717, 1.165) is 38.4 Å². The fourth-order valence-electron chi connectivity index (χ4n) is 2.92. The van der Waals surface area contributed by atoms with Gasteiger partial charge >= 0.3 is 6.03 Å². The molecule has 1 atom stereocenters. The maximum absolute atomic E-state index is 12.2. The van der Waals surface area contributed by atoms with Crippen molar-refractivity contribution in [2.24, 2.45) is 0 Å². The lowest BCUT2D eigenvalue weighted by atomic mass is 10.2.